The monoisotopic (exact) mass is 312 g/mol. The highest BCUT2D eigenvalue weighted by atomic mass is 35.5. The van der Waals surface area contributed by atoms with Crippen molar-refractivity contribution in [3.8, 4) is 10.8 Å². The Morgan fingerprint density at radius 1 is 1.45 bits per heavy atom. The van der Waals surface area contributed by atoms with Crippen LogP contribution in [0, 0.1) is 0 Å². The number of nitrogens with zero attached hydrogens (tertiary/aromatic N) is 2. The molecule has 1 aliphatic rings. The van der Waals surface area contributed by atoms with Gasteiger partial charge in [0.1, 0.15) is 5.00 Å². The maximum Gasteiger partial charge on any atom is 0.358 e. The number of carbonyl (C=O) groups is 1. The molecule has 20 heavy (non-hydrogen) atoms. The van der Waals surface area contributed by atoms with Gasteiger partial charge >= 0.3 is 5.97 Å². The molecule has 106 valence electrons. The standard InChI is InChI=1S/C13H13ClN2O3S/c14-10-5-6-11(20-10)16-12(13(17)18)9(7-15-16)19-8-3-1-2-4-8/h5-8H,1-4H2,(H,17,18). The highest BCUT2D eigenvalue weighted by Crippen LogP contribution is 2.31. The fourth-order valence-electron chi connectivity index (χ4n) is 2.39. The van der Waals surface area contributed by atoms with E-state index in [-0.39, 0.29) is 11.8 Å². The summed E-state index contributed by atoms with van der Waals surface area (Å²) in [4.78, 5) is 11.5. The van der Waals surface area contributed by atoms with Crippen LogP contribution in [0.5, 0.6) is 5.75 Å². The Labute approximate surface area is 124 Å². The predicted molar refractivity (Wildman–Crippen MR) is 76.3 cm³/mol. The van der Waals surface area contributed by atoms with Crippen molar-refractivity contribution in [1.82, 2.24) is 9.78 Å². The van der Waals surface area contributed by atoms with Crippen LogP contribution in [0.3, 0.4) is 0 Å². The summed E-state index contributed by atoms with van der Waals surface area (Å²) in [7, 11) is 0. The fourth-order valence-corrected chi connectivity index (χ4v) is 3.38. The quantitative estimate of drug-likeness (QED) is 0.936. The number of halogens is 1. The fraction of sp³-hybridized carbons (Fsp3) is 0.385. The smallest absolute Gasteiger partial charge is 0.358 e. The normalized spacial score (nSPS) is 15.7. The van der Waals surface area contributed by atoms with Gasteiger partial charge in [-0.15, -0.1) is 11.3 Å². The number of carboxylic acid groups (broad SMARTS) is 1. The van der Waals surface area contributed by atoms with Crippen molar-refractivity contribution < 1.29 is 14.6 Å². The molecule has 2 aromatic rings. The van der Waals surface area contributed by atoms with Gasteiger partial charge in [0, 0.05) is 0 Å². The Balaban J connectivity index is 1.95. The molecule has 0 radical (unpaired) electrons. The van der Waals surface area contributed by atoms with Crippen LogP contribution in [-0.4, -0.2) is 27.0 Å². The molecule has 0 spiro atoms. The molecular formula is C13H13ClN2O3S. The van der Waals surface area contributed by atoms with E-state index in [1.807, 2.05) is 0 Å². The Kier molecular flexibility index (Phi) is 3.67. The van der Waals surface area contributed by atoms with Gasteiger partial charge in [-0.3, -0.25) is 0 Å². The van der Waals surface area contributed by atoms with Gasteiger partial charge in [-0.2, -0.15) is 5.10 Å². The molecule has 2 aromatic heterocycles. The van der Waals surface area contributed by atoms with E-state index in [0.717, 1.165) is 25.7 Å². The van der Waals surface area contributed by atoms with E-state index >= 15 is 0 Å². The van der Waals surface area contributed by atoms with Crippen LogP contribution < -0.4 is 4.74 Å². The number of thiophene rings is 1. The van der Waals surface area contributed by atoms with Crippen molar-refractivity contribution in [3.63, 3.8) is 0 Å². The number of aromatic nitrogens is 2. The van der Waals surface area contributed by atoms with Crippen molar-refractivity contribution in [3.05, 3.63) is 28.4 Å². The van der Waals surface area contributed by atoms with E-state index in [2.05, 4.69) is 5.10 Å². The van der Waals surface area contributed by atoms with Crippen molar-refractivity contribution in [2.45, 2.75) is 31.8 Å². The minimum atomic E-state index is -1.06. The third kappa shape index (κ3) is 2.53. The Morgan fingerprint density at radius 3 is 2.80 bits per heavy atom. The molecule has 0 aromatic carbocycles. The van der Waals surface area contributed by atoms with Crippen molar-refractivity contribution in [2.75, 3.05) is 0 Å². The topological polar surface area (TPSA) is 64.3 Å². The summed E-state index contributed by atoms with van der Waals surface area (Å²) in [5.74, 6) is -0.728. The van der Waals surface area contributed by atoms with Gasteiger partial charge in [0.25, 0.3) is 0 Å². The maximum atomic E-state index is 11.5. The zero-order chi connectivity index (χ0) is 14.1. The van der Waals surface area contributed by atoms with Crippen molar-refractivity contribution in [1.29, 1.82) is 0 Å². The van der Waals surface area contributed by atoms with Gasteiger partial charge in [0.15, 0.2) is 11.4 Å². The van der Waals surface area contributed by atoms with Gasteiger partial charge in [-0.1, -0.05) is 11.6 Å². The summed E-state index contributed by atoms with van der Waals surface area (Å²) < 4.78 is 7.74. The Morgan fingerprint density at radius 2 is 2.20 bits per heavy atom. The van der Waals surface area contributed by atoms with Crippen molar-refractivity contribution >= 4 is 28.9 Å². The molecule has 5 nitrogen and oxygen atoms in total. The van der Waals surface area contributed by atoms with Crippen LogP contribution in [0.15, 0.2) is 18.3 Å². The molecule has 0 amide bonds. The van der Waals surface area contributed by atoms with Gasteiger partial charge in [0.05, 0.1) is 16.6 Å². The minimum Gasteiger partial charge on any atom is -0.486 e. The van der Waals surface area contributed by atoms with Crippen molar-refractivity contribution in [2.24, 2.45) is 0 Å². The van der Waals surface area contributed by atoms with E-state index in [0.29, 0.717) is 15.1 Å². The second-order valence-corrected chi connectivity index (χ2v) is 6.37. The molecule has 0 aliphatic heterocycles. The minimum absolute atomic E-state index is 0.0513. The van der Waals surface area contributed by atoms with Gasteiger partial charge < -0.3 is 9.84 Å². The maximum absolute atomic E-state index is 11.5. The van der Waals surface area contributed by atoms with Crippen LogP contribution >= 0.6 is 22.9 Å². The highest BCUT2D eigenvalue weighted by Gasteiger charge is 2.25. The molecule has 0 atom stereocenters. The number of ether oxygens (including phenoxy) is 1. The first-order valence-corrected chi connectivity index (χ1v) is 7.58. The number of hydrogen-bond acceptors (Lipinski definition) is 4. The molecule has 1 aliphatic carbocycles. The number of rotatable bonds is 4. The molecule has 3 rings (SSSR count). The summed E-state index contributed by atoms with van der Waals surface area (Å²) in [5.41, 5.74) is 0.0513. The lowest BCUT2D eigenvalue weighted by atomic mass is 10.3. The lowest BCUT2D eigenvalue weighted by Crippen LogP contribution is -2.14. The summed E-state index contributed by atoms with van der Waals surface area (Å²) in [5, 5.41) is 14.2. The van der Waals surface area contributed by atoms with Gasteiger partial charge in [-0.05, 0) is 37.8 Å². The summed E-state index contributed by atoms with van der Waals surface area (Å²) in [6, 6.07) is 3.46. The Hall–Kier alpha value is -1.53. The zero-order valence-electron chi connectivity index (χ0n) is 10.6. The second-order valence-electron chi connectivity index (χ2n) is 4.68. The molecule has 1 saturated carbocycles. The lowest BCUT2D eigenvalue weighted by molar-refractivity contribution is 0.0679. The average Bonchev–Trinajstić information content (AvgIpc) is 3.09. The Bertz CT molecular complexity index is 631. The van der Waals surface area contributed by atoms with E-state index < -0.39 is 5.97 Å². The third-order valence-electron chi connectivity index (χ3n) is 3.30. The number of aromatic carboxylic acids is 1. The lowest BCUT2D eigenvalue weighted by Gasteiger charge is -2.12. The van der Waals surface area contributed by atoms with Gasteiger partial charge in [0.2, 0.25) is 0 Å². The number of hydrogen-bond donors (Lipinski definition) is 1. The summed E-state index contributed by atoms with van der Waals surface area (Å²) in [6.07, 6.45) is 5.75. The first-order chi connectivity index (χ1) is 9.65. The molecule has 7 heteroatoms. The first-order valence-electron chi connectivity index (χ1n) is 6.39. The highest BCUT2D eigenvalue weighted by molar-refractivity contribution is 7.18. The molecule has 1 fully saturated rings. The van der Waals surface area contributed by atoms with E-state index in [9.17, 15) is 9.90 Å². The number of carboxylic acids is 1. The molecule has 0 bridgehead atoms. The SMILES string of the molecule is O=C(O)c1c(OC2CCCC2)cnn1-c1ccc(Cl)s1. The second kappa shape index (κ2) is 5.46. The molecular weight excluding hydrogens is 300 g/mol. The summed E-state index contributed by atoms with van der Waals surface area (Å²) in [6.45, 7) is 0. The van der Waals surface area contributed by atoms with Crippen LogP contribution in [0.2, 0.25) is 4.34 Å². The van der Waals surface area contributed by atoms with Crippen LogP contribution in [0.1, 0.15) is 36.2 Å². The van der Waals surface area contributed by atoms with Crippen LogP contribution in [0.4, 0.5) is 0 Å². The zero-order valence-corrected chi connectivity index (χ0v) is 12.2. The largest absolute Gasteiger partial charge is 0.486 e. The predicted octanol–water partition coefficient (Wildman–Crippen LogP) is 3.61. The average molecular weight is 313 g/mol. The molecule has 0 saturated heterocycles. The third-order valence-corrected chi connectivity index (χ3v) is 4.51. The van der Waals surface area contributed by atoms with E-state index in [1.54, 1.807) is 12.1 Å². The first kappa shape index (κ1) is 13.5. The molecule has 2 heterocycles. The van der Waals surface area contributed by atoms with Crippen LogP contribution in [0.25, 0.3) is 5.00 Å². The molecule has 0 unspecified atom stereocenters. The van der Waals surface area contributed by atoms with E-state index in [4.69, 9.17) is 16.3 Å². The van der Waals surface area contributed by atoms with E-state index in [1.165, 1.54) is 22.2 Å². The van der Waals surface area contributed by atoms with Gasteiger partial charge in [-0.25, -0.2) is 9.48 Å². The summed E-state index contributed by atoms with van der Waals surface area (Å²) >= 11 is 7.16. The molecule has 1 N–H and O–H groups in total. The van der Waals surface area contributed by atoms with Crippen LogP contribution in [-0.2, 0) is 0 Å².